The lowest BCUT2D eigenvalue weighted by Gasteiger charge is -2.17. The molecule has 0 saturated heterocycles. The fourth-order valence-electron chi connectivity index (χ4n) is 1.24. The second-order valence-corrected chi connectivity index (χ2v) is 3.98. The first-order valence-corrected chi connectivity index (χ1v) is 5.25. The van der Waals surface area contributed by atoms with Gasteiger partial charge in [-0.2, -0.15) is 13.2 Å². The Labute approximate surface area is 94.0 Å². The first-order chi connectivity index (χ1) is 7.24. The van der Waals surface area contributed by atoms with E-state index in [0.29, 0.717) is 13.0 Å². The number of rotatable bonds is 6. The second-order valence-electron chi connectivity index (χ2n) is 3.98. The van der Waals surface area contributed by atoms with Crippen molar-refractivity contribution in [2.75, 3.05) is 20.6 Å². The summed E-state index contributed by atoms with van der Waals surface area (Å²) >= 11 is 0. The number of carbonyl (C=O) groups excluding carboxylic acids is 1. The molecule has 0 aliphatic heterocycles. The Kier molecular flexibility index (Phi) is 6.40. The minimum Gasteiger partial charge on any atom is -0.347 e. The van der Waals surface area contributed by atoms with E-state index in [4.69, 9.17) is 0 Å². The van der Waals surface area contributed by atoms with E-state index in [0.717, 1.165) is 0 Å². The van der Waals surface area contributed by atoms with Crippen LogP contribution in [0, 0.1) is 0 Å². The zero-order chi connectivity index (χ0) is 12.8. The quantitative estimate of drug-likeness (QED) is 0.718. The van der Waals surface area contributed by atoms with Gasteiger partial charge in [0.05, 0.1) is 6.04 Å². The van der Waals surface area contributed by atoms with Crippen LogP contribution in [0.4, 0.5) is 13.2 Å². The number of unbranched alkanes of at least 4 members (excludes halogenated alkanes) is 1. The predicted molar refractivity (Wildman–Crippen MR) is 56.1 cm³/mol. The van der Waals surface area contributed by atoms with E-state index < -0.39 is 12.6 Å². The molecule has 3 nitrogen and oxygen atoms in total. The van der Waals surface area contributed by atoms with Crippen molar-refractivity contribution < 1.29 is 18.0 Å². The Morgan fingerprint density at radius 3 is 2.31 bits per heavy atom. The maximum absolute atomic E-state index is 11.8. The average Bonchev–Trinajstić information content (AvgIpc) is 2.13. The summed E-state index contributed by atoms with van der Waals surface area (Å²) in [5.74, 6) is -0.0733. The molecule has 0 fully saturated rings. The molecule has 0 aromatic carbocycles. The smallest absolute Gasteiger partial charge is 0.347 e. The number of halogens is 3. The Morgan fingerprint density at radius 2 is 1.88 bits per heavy atom. The molecule has 6 heteroatoms. The molecule has 0 spiro atoms. The van der Waals surface area contributed by atoms with Crippen molar-refractivity contribution in [2.45, 2.75) is 38.4 Å². The molecule has 1 N–H and O–H groups in total. The van der Waals surface area contributed by atoms with Crippen LogP contribution in [0.1, 0.15) is 26.2 Å². The van der Waals surface area contributed by atoms with Crippen LogP contribution in [0.5, 0.6) is 0 Å². The van der Waals surface area contributed by atoms with Crippen molar-refractivity contribution >= 4 is 5.91 Å². The van der Waals surface area contributed by atoms with Crippen LogP contribution in [0.2, 0.25) is 0 Å². The lowest BCUT2D eigenvalue weighted by Crippen LogP contribution is -2.41. The van der Waals surface area contributed by atoms with Crippen molar-refractivity contribution in [2.24, 2.45) is 0 Å². The summed E-state index contributed by atoms with van der Waals surface area (Å²) in [6.45, 7) is 2.13. The Hall–Kier alpha value is -0.780. The zero-order valence-electron chi connectivity index (χ0n) is 9.90. The SMILES string of the molecule is CC(NCCCCC(F)(F)F)C(=O)N(C)C. The van der Waals surface area contributed by atoms with Gasteiger partial charge < -0.3 is 10.2 Å². The Morgan fingerprint density at radius 1 is 1.31 bits per heavy atom. The molecule has 0 heterocycles. The second kappa shape index (κ2) is 6.73. The van der Waals surface area contributed by atoms with E-state index in [-0.39, 0.29) is 18.4 Å². The summed E-state index contributed by atoms with van der Waals surface area (Å²) in [5.41, 5.74) is 0. The lowest BCUT2D eigenvalue weighted by atomic mass is 10.2. The number of amides is 1. The molecule has 0 aliphatic carbocycles. The van der Waals surface area contributed by atoms with Crippen LogP contribution >= 0.6 is 0 Å². The largest absolute Gasteiger partial charge is 0.389 e. The number of alkyl halides is 3. The molecule has 0 aromatic rings. The molecule has 1 amide bonds. The molecule has 16 heavy (non-hydrogen) atoms. The highest BCUT2D eigenvalue weighted by molar-refractivity contribution is 5.80. The van der Waals surface area contributed by atoms with Gasteiger partial charge in [0.15, 0.2) is 0 Å². The average molecular weight is 240 g/mol. The van der Waals surface area contributed by atoms with Gasteiger partial charge >= 0.3 is 6.18 Å². The van der Waals surface area contributed by atoms with Crippen molar-refractivity contribution in [3.8, 4) is 0 Å². The molecule has 96 valence electrons. The molecule has 0 radical (unpaired) electrons. The molecule has 0 aliphatic rings. The third kappa shape index (κ3) is 7.50. The minimum absolute atomic E-state index is 0.0733. The van der Waals surface area contributed by atoms with Gasteiger partial charge in [0.2, 0.25) is 5.91 Å². The van der Waals surface area contributed by atoms with Gasteiger partial charge in [0.1, 0.15) is 0 Å². The van der Waals surface area contributed by atoms with Crippen LogP contribution in [0.15, 0.2) is 0 Å². The highest BCUT2D eigenvalue weighted by Crippen LogP contribution is 2.21. The molecule has 0 saturated carbocycles. The molecular formula is C10H19F3N2O. The lowest BCUT2D eigenvalue weighted by molar-refractivity contribution is -0.136. The van der Waals surface area contributed by atoms with E-state index >= 15 is 0 Å². The summed E-state index contributed by atoms with van der Waals surface area (Å²) in [4.78, 5) is 12.8. The summed E-state index contributed by atoms with van der Waals surface area (Å²) in [6, 6.07) is -0.346. The minimum atomic E-state index is -4.08. The van der Waals surface area contributed by atoms with Gasteiger partial charge in [0, 0.05) is 20.5 Å². The van der Waals surface area contributed by atoms with Crippen LogP contribution in [0.25, 0.3) is 0 Å². The number of nitrogens with zero attached hydrogens (tertiary/aromatic N) is 1. The van der Waals surface area contributed by atoms with E-state index in [1.165, 1.54) is 4.90 Å². The van der Waals surface area contributed by atoms with Crippen LogP contribution in [-0.4, -0.2) is 43.7 Å². The molecule has 0 rings (SSSR count). The third-order valence-electron chi connectivity index (χ3n) is 2.15. The standard InChI is InChI=1S/C10H19F3N2O/c1-8(9(16)15(2)3)14-7-5-4-6-10(11,12)13/h8,14H,4-7H2,1-3H3. The van der Waals surface area contributed by atoms with Gasteiger partial charge in [-0.1, -0.05) is 0 Å². The maximum atomic E-state index is 11.8. The van der Waals surface area contributed by atoms with Crippen molar-refractivity contribution in [3.63, 3.8) is 0 Å². The molecule has 1 unspecified atom stereocenters. The number of hydrogen-bond acceptors (Lipinski definition) is 2. The molecular weight excluding hydrogens is 221 g/mol. The molecule has 0 bridgehead atoms. The van der Waals surface area contributed by atoms with Crippen molar-refractivity contribution in [1.82, 2.24) is 10.2 Å². The van der Waals surface area contributed by atoms with Crippen LogP contribution in [-0.2, 0) is 4.79 Å². The van der Waals surface area contributed by atoms with Gasteiger partial charge in [-0.15, -0.1) is 0 Å². The predicted octanol–water partition coefficient (Wildman–Crippen LogP) is 1.79. The highest BCUT2D eigenvalue weighted by Gasteiger charge is 2.25. The van der Waals surface area contributed by atoms with Crippen molar-refractivity contribution in [1.29, 1.82) is 0 Å². The monoisotopic (exact) mass is 240 g/mol. The number of nitrogens with one attached hydrogen (secondary N) is 1. The van der Waals surface area contributed by atoms with Gasteiger partial charge in [0.25, 0.3) is 0 Å². The number of likely N-dealkylation sites (N-methyl/N-ethyl adjacent to an activating group) is 1. The first kappa shape index (κ1) is 15.2. The summed E-state index contributed by atoms with van der Waals surface area (Å²) in [6.07, 6.45) is -4.32. The zero-order valence-corrected chi connectivity index (χ0v) is 9.90. The number of carbonyl (C=O) groups is 1. The normalized spacial score (nSPS) is 13.6. The highest BCUT2D eigenvalue weighted by atomic mass is 19.4. The summed E-state index contributed by atoms with van der Waals surface area (Å²) in [5, 5.41) is 2.89. The maximum Gasteiger partial charge on any atom is 0.389 e. The van der Waals surface area contributed by atoms with Crippen LogP contribution < -0.4 is 5.32 Å². The summed E-state index contributed by atoms with van der Waals surface area (Å²) in [7, 11) is 3.29. The Balaban J connectivity index is 3.56. The fraction of sp³-hybridized carbons (Fsp3) is 0.900. The van der Waals surface area contributed by atoms with Gasteiger partial charge in [-0.3, -0.25) is 4.79 Å². The van der Waals surface area contributed by atoms with Crippen molar-refractivity contribution in [3.05, 3.63) is 0 Å². The van der Waals surface area contributed by atoms with E-state index in [2.05, 4.69) is 5.32 Å². The Bertz CT molecular complexity index is 217. The van der Waals surface area contributed by atoms with E-state index in [9.17, 15) is 18.0 Å². The van der Waals surface area contributed by atoms with Crippen LogP contribution in [0.3, 0.4) is 0 Å². The van der Waals surface area contributed by atoms with Gasteiger partial charge in [-0.05, 0) is 26.3 Å². The molecule has 1 atom stereocenters. The van der Waals surface area contributed by atoms with E-state index in [1.54, 1.807) is 21.0 Å². The van der Waals surface area contributed by atoms with Gasteiger partial charge in [-0.25, -0.2) is 0 Å². The molecule has 0 aromatic heterocycles. The number of hydrogen-bond donors (Lipinski definition) is 1. The summed E-state index contributed by atoms with van der Waals surface area (Å²) < 4.78 is 35.4. The topological polar surface area (TPSA) is 32.3 Å². The van der Waals surface area contributed by atoms with E-state index in [1.807, 2.05) is 0 Å². The third-order valence-corrected chi connectivity index (χ3v) is 2.15. The fourth-order valence-corrected chi connectivity index (χ4v) is 1.24. The first-order valence-electron chi connectivity index (χ1n) is 5.25.